The molecule has 1 N–H and O–H groups in total. The van der Waals surface area contributed by atoms with E-state index in [1.165, 1.54) is 40.7 Å². The summed E-state index contributed by atoms with van der Waals surface area (Å²) in [7, 11) is -3.60. The van der Waals surface area contributed by atoms with Crippen LogP contribution in [0.4, 0.5) is 11.4 Å². The van der Waals surface area contributed by atoms with Crippen LogP contribution >= 0.6 is 11.6 Å². The van der Waals surface area contributed by atoms with Crippen LogP contribution in [-0.2, 0) is 14.8 Å². The number of nitrogens with one attached hydrogen (secondary N) is 1. The Morgan fingerprint density at radius 2 is 1.87 bits per heavy atom. The molecule has 8 nitrogen and oxygen atoms in total. The van der Waals surface area contributed by atoms with Crippen LogP contribution in [0.25, 0.3) is 6.08 Å². The molecule has 0 atom stereocenters. The van der Waals surface area contributed by atoms with E-state index in [0.717, 1.165) is 19.3 Å². The lowest BCUT2D eigenvalue weighted by atomic mass is 10.2. The number of nitro groups is 1. The SMILES string of the molecule is O=C(/C=C/c1ccc(Cl)c([N+](=O)[O-])c1)Nc1cccc(S(=O)(=O)N2CCCCC2)c1. The minimum atomic E-state index is -3.60. The molecule has 0 spiro atoms. The summed E-state index contributed by atoms with van der Waals surface area (Å²) in [5, 5.41) is 13.6. The van der Waals surface area contributed by atoms with Gasteiger partial charge >= 0.3 is 0 Å². The quantitative estimate of drug-likeness (QED) is 0.406. The predicted molar refractivity (Wildman–Crippen MR) is 115 cm³/mol. The van der Waals surface area contributed by atoms with E-state index in [9.17, 15) is 23.3 Å². The van der Waals surface area contributed by atoms with Crippen LogP contribution in [0.3, 0.4) is 0 Å². The van der Waals surface area contributed by atoms with Gasteiger partial charge in [0.2, 0.25) is 15.9 Å². The van der Waals surface area contributed by atoms with Crippen LogP contribution in [0.1, 0.15) is 24.8 Å². The zero-order valence-electron chi connectivity index (χ0n) is 16.0. The second-order valence-corrected chi connectivity index (χ2v) is 9.13. The molecule has 0 aromatic heterocycles. The molecule has 30 heavy (non-hydrogen) atoms. The maximum absolute atomic E-state index is 12.8. The summed E-state index contributed by atoms with van der Waals surface area (Å²) < 4.78 is 27.0. The van der Waals surface area contributed by atoms with Crippen LogP contribution in [-0.4, -0.2) is 36.6 Å². The molecule has 0 radical (unpaired) electrons. The summed E-state index contributed by atoms with van der Waals surface area (Å²) in [6.07, 6.45) is 5.31. The van der Waals surface area contributed by atoms with Gasteiger partial charge in [0, 0.05) is 30.9 Å². The summed E-state index contributed by atoms with van der Waals surface area (Å²) in [4.78, 5) is 22.7. The van der Waals surface area contributed by atoms with Gasteiger partial charge in [-0.05, 0) is 48.7 Å². The molecule has 158 valence electrons. The van der Waals surface area contributed by atoms with Gasteiger partial charge in [0.25, 0.3) is 5.69 Å². The highest BCUT2D eigenvalue weighted by atomic mass is 35.5. The molecule has 1 amide bonds. The highest BCUT2D eigenvalue weighted by Gasteiger charge is 2.26. The number of nitro benzene ring substituents is 1. The summed E-state index contributed by atoms with van der Waals surface area (Å²) >= 11 is 5.77. The molecule has 0 aliphatic carbocycles. The topological polar surface area (TPSA) is 110 Å². The lowest BCUT2D eigenvalue weighted by molar-refractivity contribution is -0.384. The van der Waals surface area contributed by atoms with Gasteiger partial charge in [-0.15, -0.1) is 0 Å². The minimum Gasteiger partial charge on any atom is -0.322 e. The normalized spacial score (nSPS) is 15.2. The van der Waals surface area contributed by atoms with Crippen molar-refractivity contribution in [1.29, 1.82) is 0 Å². The monoisotopic (exact) mass is 449 g/mol. The third-order valence-electron chi connectivity index (χ3n) is 4.65. The molecule has 0 saturated carbocycles. The van der Waals surface area contributed by atoms with Crippen LogP contribution in [0.2, 0.25) is 5.02 Å². The van der Waals surface area contributed by atoms with E-state index in [1.54, 1.807) is 18.2 Å². The smallest absolute Gasteiger partial charge is 0.288 e. The fourth-order valence-corrected chi connectivity index (χ4v) is 4.87. The molecule has 1 saturated heterocycles. The van der Waals surface area contributed by atoms with E-state index in [2.05, 4.69) is 5.32 Å². The number of halogens is 1. The second-order valence-electron chi connectivity index (χ2n) is 6.78. The number of hydrogen-bond acceptors (Lipinski definition) is 5. The van der Waals surface area contributed by atoms with Crippen molar-refractivity contribution < 1.29 is 18.1 Å². The van der Waals surface area contributed by atoms with E-state index in [-0.39, 0.29) is 15.6 Å². The van der Waals surface area contributed by atoms with E-state index in [0.29, 0.717) is 24.3 Å². The second kappa shape index (κ2) is 9.38. The van der Waals surface area contributed by atoms with Gasteiger partial charge < -0.3 is 5.32 Å². The van der Waals surface area contributed by atoms with Crippen molar-refractivity contribution in [2.24, 2.45) is 0 Å². The van der Waals surface area contributed by atoms with Crippen molar-refractivity contribution in [2.45, 2.75) is 24.2 Å². The first-order valence-corrected chi connectivity index (χ1v) is 11.1. The van der Waals surface area contributed by atoms with E-state index in [4.69, 9.17) is 11.6 Å². The fourth-order valence-electron chi connectivity index (χ4n) is 3.12. The third-order valence-corrected chi connectivity index (χ3v) is 6.86. The Kier molecular flexibility index (Phi) is 6.86. The average molecular weight is 450 g/mol. The van der Waals surface area contributed by atoms with Crippen LogP contribution < -0.4 is 5.32 Å². The Morgan fingerprint density at radius 3 is 2.57 bits per heavy atom. The van der Waals surface area contributed by atoms with Crippen molar-refractivity contribution in [3.63, 3.8) is 0 Å². The maximum atomic E-state index is 12.8. The van der Waals surface area contributed by atoms with Gasteiger partial charge in [-0.1, -0.05) is 30.2 Å². The number of hydrogen-bond donors (Lipinski definition) is 1. The molecule has 1 aliphatic rings. The van der Waals surface area contributed by atoms with Crippen LogP contribution in [0, 0.1) is 10.1 Å². The first-order valence-electron chi connectivity index (χ1n) is 9.30. The number of anilines is 1. The third kappa shape index (κ3) is 5.24. The Morgan fingerprint density at radius 1 is 1.13 bits per heavy atom. The molecule has 0 unspecified atom stereocenters. The zero-order chi connectivity index (χ0) is 21.7. The Balaban J connectivity index is 1.72. The summed E-state index contributed by atoms with van der Waals surface area (Å²) in [6, 6.07) is 10.3. The lowest BCUT2D eigenvalue weighted by Gasteiger charge is -2.26. The summed E-state index contributed by atoms with van der Waals surface area (Å²) in [5.41, 5.74) is 0.516. The van der Waals surface area contributed by atoms with Crippen molar-refractivity contribution in [3.8, 4) is 0 Å². The van der Waals surface area contributed by atoms with Gasteiger partial charge in [-0.2, -0.15) is 4.31 Å². The van der Waals surface area contributed by atoms with Crippen LogP contribution in [0.5, 0.6) is 0 Å². The standard InChI is InChI=1S/C20H20ClN3O5S/c21-18-9-7-15(13-19(18)24(26)27)8-10-20(25)22-16-5-4-6-17(14-16)30(28,29)23-11-2-1-3-12-23/h4-10,13-14H,1-3,11-12H2,(H,22,25)/b10-8+. The number of carbonyl (C=O) groups excluding carboxylic acids is 1. The minimum absolute atomic E-state index is 0.00771. The molecule has 0 bridgehead atoms. The number of sulfonamides is 1. The number of rotatable bonds is 6. The number of piperidine rings is 1. The number of benzene rings is 2. The number of amides is 1. The highest BCUT2D eigenvalue weighted by molar-refractivity contribution is 7.89. The average Bonchev–Trinajstić information content (AvgIpc) is 2.74. The van der Waals surface area contributed by atoms with Crippen molar-refractivity contribution in [1.82, 2.24) is 4.31 Å². The molecule has 3 rings (SSSR count). The molecule has 10 heteroatoms. The van der Waals surface area contributed by atoms with Gasteiger partial charge in [0.05, 0.1) is 9.82 Å². The molecule has 1 fully saturated rings. The highest BCUT2D eigenvalue weighted by Crippen LogP contribution is 2.26. The maximum Gasteiger partial charge on any atom is 0.288 e. The largest absolute Gasteiger partial charge is 0.322 e. The molecule has 2 aromatic rings. The van der Waals surface area contributed by atoms with E-state index < -0.39 is 20.9 Å². The van der Waals surface area contributed by atoms with Crippen molar-refractivity contribution >= 4 is 45.0 Å². The number of carbonyl (C=O) groups is 1. The van der Waals surface area contributed by atoms with Crippen LogP contribution in [0.15, 0.2) is 53.4 Å². The van der Waals surface area contributed by atoms with E-state index in [1.807, 2.05) is 0 Å². The first-order chi connectivity index (χ1) is 14.3. The molecular formula is C20H20ClN3O5S. The van der Waals surface area contributed by atoms with Gasteiger partial charge in [0.1, 0.15) is 5.02 Å². The number of nitrogens with zero attached hydrogens (tertiary/aromatic N) is 2. The Hall–Kier alpha value is -2.75. The Labute approximate surface area is 179 Å². The summed E-state index contributed by atoms with van der Waals surface area (Å²) in [6.45, 7) is 0.990. The predicted octanol–water partition coefficient (Wildman–Crippen LogP) is 4.07. The first kappa shape index (κ1) is 21.9. The Bertz CT molecular complexity index is 1100. The van der Waals surface area contributed by atoms with E-state index >= 15 is 0 Å². The van der Waals surface area contributed by atoms with Gasteiger partial charge in [0.15, 0.2) is 0 Å². The fraction of sp³-hybridized carbons (Fsp3) is 0.250. The van der Waals surface area contributed by atoms with Gasteiger partial charge in [-0.3, -0.25) is 14.9 Å². The van der Waals surface area contributed by atoms with Gasteiger partial charge in [-0.25, -0.2) is 8.42 Å². The van der Waals surface area contributed by atoms with Crippen molar-refractivity contribution in [2.75, 3.05) is 18.4 Å². The lowest BCUT2D eigenvalue weighted by Crippen LogP contribution is -2.35. The molecule has 2 aromatic carbocycles. The zero-order valence-corrected chi connectivity index (χ0v) is 17.5. The molecule has 1 aliphatic heterocycles. The summed E-state index contributed by atoms with van der Waals surface area (Å²) in [5.74, 6) is -0.500. The molecule has 1 heterocycles. The molecular weight excluding hydrogens is 430 g/mol. The van der Waals surface area contributed by atoms with Crippen molar-refractivity contribution in [3.05, 3.63) is 69.2 Å².